The molecular formula is C16H24N2O. The fraction of sp³-hybridized carbons (Fsp3) is 0.562. The zero-order valence-corrected chi connectivity index (χ0v) is 12.2. The van der Waals surface area contributed by atoms with Gasteiger partial charge in [0, 0.05) is 44.2 Å². The quantitative estimate of drug-likeness (QED) is 0.842. The standard InChI is InChI=1S/C16H24N2O/c1-12-4-5-15(13(2)10-12)16(19)11-14(3)18-8-6-17-7-9-18/h4-5,10,14,17H,6-9,11H2,1-3H3. The molecule has 1 atom stereocenters. The summed E-state index contributed by atoms with van der Waals surface area (Å²) in [7, 11) is 0. The van der Waals surface area contributed by atoms with Crippen molar-refractivity contribution >= 4 is 5.78 Å². The SMILES string of the molecule is Cc1ccc(C(=O)CC(C)N2CCNCC2)c(C)c1. The highest BCUT2D eigenvalue weighted by Gasteiger charge is 2.20. The first-order valence-electron chi connectivity index (χ1n) is 7.13. The third kappa shape index (κ3) is 3.64. The van der Waals surface area contributed by atoms with E-state index in [1.807, 2.05) is 19.1 Å². The molecule has 1 aromatic carbocycles. The van der Waals surface area contributed by atoms with Crippen LogP contribution in [0.25, 0.3) is 0 Å². The number of aryl methyl sites for hydroxylation is 2. The van der Waals surface area contributed by atoms with E-state index in [4.69, 9.17) is 0 Å². The maximum absolute atomic E-state index is 12.4. The van der Waals surface area contributed by atoms with Crippen molar-refractivity contribution in [2.75, 3.05) is 26.2 Å². The van der Waals surface area contributed by atoms with E-state index in [1.165, 1.54) is 5.56 Å². The largest absolute Gasteiger partial charge is 0.314 e. The van der Waals surface area contributed by atoms with E-state index in [1.54, 1.807) is 0 Å². The van der Waals surface area contributed by atoms with Crippen LogP contribution in [-0.2, 0) is 0 Å². The molecule has 0 aliphatic carbocycles. The number of ketones is 1. The molecular weight excluding hydrogens is 236 g/mol. The van der Waals surface area contributed by atoms with Crippen molar-refractivity contribution in [1.29, 1.82) is 0 Å². The van der Waals surface area contributed by atoms with Gasteiger partial charge in [-0.05, 0) is 26.3 Å². The molecule has 19 heavy (non-hydrogen) atoms. The predicted molar refractivity (Wildman–Crippen MR) is 78.8 cm³/mol. The Morgan fingerprint density at radius 1 is 1.32 bits per heavy atom. The Hall–Kier alpha value is -1.19. The van der Waals surface area contributed by atoms with Crippen LogP contribution in [0, 0.1) is 13.8 Å². The van der Waals surface area contributed by atoms with Crippen LogP contribution in [0.15, 0.2) is 18.2 Å². The van der Waals surface area contributed by atoms with Crippen molar-refractivity contribution in [3.8, 4) is 0 Å². The van der Waals surface area contributed by atoms with Crippen LogP contribution in [0.4, 0.5) is 0 Å². The Morgan fingerprint density at radius 2 is 2.00 bits per heavy atom. The second kappa shape index (κ2) is 6.31. The van der Waals surface area contributed by atoms with Gasteiger partial charge in [-0.2, -0.15) is 0 Å². The molecule has 1 N–H and O–H groups in total. The topological polar surface area (TPSA) is 32.3 Å². The number of hydrogen-bond acceptors (Lipinski definition) is 3. The zero-order valence-electron chi connectivity index (χ0n) is 12.2. The number of nitrogens with zero attached hydrogens (tertiary/aromatic N) is 1. The van der Waals surface area contributed by atoms with Gasteiger partial charge in [0.05, 0.1) is 0 Å². The first kappa shape index (κ1) is 14.2. The van der Waals surface area contributed by atoms with Crippen LogP contribution >= 0.6 is 0 Å². The number of carbonyl (C=O) groups excluding carboxylic acids is 1. The molecule has 104 valence electrons. The van der Waals surface area contributed by atoms with Crippen molar-refractivity contribution in [2.24, 2.45) is 0 Å². The molecule has 0 radical (unpaired) electrons. The Morgan fingerprint density at radius 3 is 2.63 bits per heavy atom. The normalized spacial score (nSPS) is 18.3. The fourth-order valence-electron chi connectivity index (χ4n) is 2.76. The van der Waals surface area contributed by atoms with E-state index in [2.05, 4.69) is 30.1 Å². The number of Topliss-reactive ketones (excluding diaryl/α,β-unsaturated/α-hetero) is 1. The first-order valence-corrected chi connectivity index (χ1v) is 7.13. The summed E-state index contributed by atoms with van der Waals surface area (Å²) in [6.07, 6.45) is 0.615. The summed E-state index contributed by atoms with van der Waals surface area (Å²) in [4.78, 5) is 14.8. The van der Waals surface area contributed by atoms with Crippen LogP contribution in [0.2, 0.25) is 0 Å². The highest BCUT2D eigenvalue weighted by Crippen LogP contribution is 2.15. The summed E-state index contributed by atoms with van der Waals surface area (Å²) in [5.74, 6) is 0.267. The number of nitrogens with one attached hydrogen (secondary N) is 1. The molecule has 1 aliphatic rings. The monoisotopic (exact) mass is 260 g/mol. The average Bonchev–Trinajstić information content (AvgIpc) is 2.39. The lowest BCUT2D eigenvalue weighted by Crippen LogP contribution is -2.48. The molecule has 3 heteroatoms. The summed E-state index contributed by atoms with van der Waals surface area (Å²) in [6, 6.07) is 6.41. The minimum absolute atomic E-state index is 0.267. The van der Waals surface area contributed by atoms with Crippen LogP contribution in [0.1, 0.15) is 34.8 Å². The minimum Gasteiger partial charge on any atom is -0.314 e. The molecule has 1 unspecified atom stereocenters. The number of benzene rings is 1. The molecule has 1 fully saturated rings. The van der Waals surface area contributed by atoms with Crippen LogP contribution in [0.5, 0.6) is 0 Å². The average molecular weight is 260 g/mol. The Labute approximate surface area is 116 Å². The van der Waals surface area contributed by atoms with Crippen molar-refractivity contribution < 1.29 is 4.79 Å². The molecule has 0 saturated carbocycles. The first-order chi connectivity index (χ1) is 9.08. The van der Waals surface area contributed by atoms with E-state index in [-0.39, 0.29) is 5.78 Å². The van der Waals surface area contributed by atoms with Gasteiger partial charge in [-0.1, -0.05) is 23.8 Å². The molecule has 1 saturated heterocycles. The molecule has 0 spiro atoms. The molecule has 3 nitrogen and oxygen atoms in total. The van der Waals surface area contributed by atoms with Gasteiger partial charge >= 0.3 is 0 Å². The van der Waals surface area contributed by atoms with E-state index < -0.39 is 0 Å². The maximum Gasteiger partial charge on any atom is 0.164 e. The molecule has 0 bridgehead atoms. The molecule has 1 heterocycles. The lowest BCUT2D eigenvalue weighted by Gasteiger charge is -2.32. The summed E-state index contributed by atoms with van der Waals surface area (Å²) in [6.45, 7) is 10.4. The molecule has 2 rings (SSSR count). The van der Waals surface area contributed by atoms with Gasteiger partial charge in [0.25, 0.3) is 0 Å². The van der Waals surface area contributed by atoms with Gasteiger partial charge in [-0.3, -0.25) is 9.69 Å². The smallest absolute Gasteiger partial charge is 0.164 e. The van der Waals surface area contributed by atoms with Crippen molar-refractivity contribution in [1.82, 2.24) is 10.2 Å². The number of carbonyl (C=O) groups is 1. The summed E-state index contributed by atoms with van der Waals surface area (Å²) in [5, 5.41) is 3.34. The van der Waals surface area contributed by atoms with Gasteiger partial charge in [0.15, 0.2) is 5.78 Å². The van der Waals surface area contributed by atoms with E-state index >= 15 is 0 Å². The Bertz CT molecular complexity index is 450. The highest BCUT2D eigenvalue weighted by atomic mass is 16.1. The highest BCUT2D eigenvalue weighted by molar-refractivity contribution is 5.97. The van der Waals surface area contributed by atoms with Crippen molar-refractivity contribution in [2.45, 2.75) is 33.2 Å². The third-order valence-corrected chi connectivity index (χ3v) is 3.94. The van der Waals surface area contributed by atoms with Gasteiger partial charge < -0.3 is 5.32 Å². The molecule has 1 aliphatic heterocycles. The van der Waals surface area contributed by atoms with Crippen LogP contribution in [-0.4, -0.2) is 42.9 Å². The van der Waals surface area contributed by atoms with E-state index in [9.17, 15) is 4.79 Å². The van der Waals surface area contributed by atoms with E-state index in [0.717, 1.165) is 37.3 Å². The zero-order chi connectivity index (χ0) is 13.8. The van der Waals surface area contributed by atoms with E-state index in [0.29, 0.717) is 12.5 Å². The second-order valence-corrected chi connectivity index (χ2v) is 5.58. The van der Waals surface area contributed by atoms with Gasteiger partial charge in [0.1, 0.15) is 0 Å². The lowest BCUT2D eigenvalue weighted by molar-refractivity contribution is 0.0917. The second-order valence-electron chi connectivity index (χ2n) is 5.58. The number of hydrogen-bond donors (Lipinski definition) is 1. The van der Waals surface area contributed by atoms with Gasteiger partial charge in [-0.25, -0.2) is 0 Å². The summed E-state index contributed by atoms with van der Waals surface area (Å²) in [5.41, 5.74) is 3.19. The Balaban J connectivity index is 1.99. The van der Waals surface area contributed by atoms with Crippen LogP contribution in [0.3, 0.4) is 0 Å². The minimum atomic E-state index is 0.267. The van der Waals surface area contributed by atoms with Gasteiger partial charge in [0.2, 0.25) is 0 Å². The number of piperazine rings is 1. The maximum atomic E-state index is 12.4. The molecule has 0 aromatic heterocycles. The van der Waals surface area contributed by atoms with Crippen molar-refractivity contribution in [3.05, 3.63) is 34.9 Å². The summed E-state index contributed by atoms with van der Waals surface area (Å²) >= 11 is 0. The summed E-state index contributed by atoms with van der Waals surface area (Å²) < 4.78 is 0. The lowest BCUT2D eigenvalue weighted by atomic mass is 9.98. The number of rotatable bonds is 4. The molecule has 1 aromatic rings. The van der Waals surface area contributed by atoms with Crippen LogP contribution < -0.4 is 5.32 Å². The Kier molecular flexibility index (Phi) is 4.72. The fourth-order valence-corrected chi connectivity index (χ4v) is 2.76. The predicted octanol–water partition coefficient (Wildman–Crippen LogP) is 2.17. The third-order valence-electron chi connectivity index (χ3n) is 3.94. The van der Waals surface area contributed by atoms with Crippen molar-refractivity contribution in [3.63, 3.8) is 0 Å². The molecule has 0 amide bonds. The van der Waals surface area contributed by atoms with Gasteiger partial charge in [-0.15, -0.1) is 0 Å².